The zero-order valence-corrected chi connectivity index (χ0v) is 11.1. The van der Waals surface area contributed by atoms with Crippen LogP contribution in [-0.4, -0.2) is 23.6 Å². The van der Waals surface area contributed by atoms with Gasteiger partial charge < -0.3 is 9.64 Å². The van der Waals surface area contributed by atoms with Gasteiger partial charge in [0.2, 0.25) is 0 Å². The summed E-state index contributed by atoms with van der Waals surface area (Å²) >= 11 is 0. The lowest BCUT2D eigenvalue weighted by Gasteiger charge is -2.22. The Kier molecular flexibility index (Phi) is 4.24. The number of amides is 1. The van der Waals surface area contributed by atoms with Crippen molar-refractivity contribution in [3.05, 3.63) is 35.9 Å². The van der Waals surface area contributed by atoms with Gasteiger partial charge in [0.15, 0.2) is 0 Å². The van der Waals surface area contributed by atoms with Gasteiger partial charge in [-0.2, -0.15) is 0 Å². The number of rotatable bonds is 3. The SMILES string of the molecule is CCC1CC(C)CN1C(=O)OCc1ccccc1. The van der Waals surface area contributed by atoms with E-state index in [1.165, 1.54) is 0 Å². The molecule has 1 aliphatic rings. The molecule has 0 N–H and O–H groups in total. The molecule has 0 aromatic heterocycles. The molecule has 0 aliphatic carbocycles. The Hall–Kier alpha value is -1.51. The fourth-order valence-electron chi connectivity index (χ4n) is 2.56. The molecule has 1 saturated heterocycles. The number of nitrogens with zero attached hydrogens (tertiary/aromatic N) is 1. The molecule has 98 valence electrons. The quantitative estimate of drug-likeness (QED) is 0.818. The molecule has 1 aromatic carbocycles. The van der Waals surface area contributed by atoms with E-state index in [1.54, 1.807) is 0 Å². The van der Waals surface area contributed by atoms with E-state index in [-0.39, 0.29) is 6.09 Å². The number of ether oxygens (including phenoxy) is 1. The van der Waals surface area contributed by atoms with Crippen molar-refractivity contribution < 1.29 is 9.53 Å². The van der Waals surface area contributed by atoms with Crippen molar-refractivity contribution in [3.63, 3.8) is 0 Å². The second-order valence-corrected chi connectivity index (χ2v) is 5.10. The number of hydrogen-bond donors (Lipinski definition) is 0. The first-order valence-corrected chi connectivity index (χ1v) is 6.68. The van der Waals surface area contributed by atoms with Gasteiger partial charge in [-0.25, -0.2) is 4.79 Å². The van der Waals surface area contributed by atoms with Crippen LogP contribution in [0.5, 0.6) is 0 Å². The predicted octanol–water partition coefficient (Wildman–Crippen LogP) is 3.44. The molecule has 1 fully saturated rings. The van der Waals surface area contributed by atoms with E-state index >= 15 is 0 Å². The van der Waals surface area contributed by atoms with Crippen molar-refractivity contribution in [2.75, 3.05) is 6.54 Å². The molecular weight excluding hydrogens is 226 g/mol. The van der Waals surface area contributed by atoms with Crippen LogP contribution < -0.4 is 0 Å². The summed E-state index contributed by atoms with van der Waals surface area (Å²) in [6.45, 7) is 5.50. The smallest absolute Gasteiger partial charge is 0.410 e. The molecule has 2 unspecified atom stereocenters. The fraction of sp³-hybridized carbons (Fsp3) is 0.533. The third-order valence-corrected chi connectivity index (χ3v) is 3.53. The van der Waals surface area contributed by atoms with Gasteiger partial charge in [0.25, 0.3) is 0 Å². The van der Waals surface area contributed by atoms with Crippen molar-refractivity contribution in [1.82, 2.24) is 4.90 Å². The number of likely N-dealkylation sites (tertiary alicyclic amines) is 1. The lowest BCUT2D eigenvalue weighted by molar-refractivity contribution is 0.0909. The van der Waals surface area contributed by atoms with Crippen LogP contribution in [0, 0.1) is 5.92 Å². The van der Waals surface area contributed by atoms with Crippen LogP contribution in [0.4, 0.5) is 4.79 Å². The Morgan fingerprint density at radius 2 is 2.11 bits per heavy atom. The van der Waals surface area contributed by atoms with Gasteiger partial charge in [-0.05, 0) is 24.3 Å². The van der Waals surface area contributed by atoms with Crippen molar-refractivity contribution in [1.29, 1.82) is 0 Å². The van der Waals surface area contributed by atoms with E-state index < -0.39 is 0 Å². The maximum absolute atomic E-state index is 12.0. The summed E-state index contributed by atoms with van der Waals surface area (Å²) in [6.07, 6.45) is 1.93. The Morgan fingerprint density at radius 1 is 1.39 bits per heavy atom. The molecule has 1 amide bonds. The predicted molar refractivity (Wildman–Crippen MR) is 71.2 cm³/mol. The molecule has 3 nitrogen and oxygen atoms in total. The van der Waals surface area contributed by atoms with Crippen LogP contribution in [0.25, 0.3) is 0 Å². The first-order valence-electron chi connectivity index (χ1n) is 6.68. The van der Waals surface area contributed by atoms with E-state index in [9.17, 15) is 4.79 Å². The van der Waals surface area contributed by atoms with Crippen molar-refractivity contribution in [3.8, 4) is 0 Å². The second-order valence-electron chi connectivity index (χ2n) is 5.10. The average molecular weight is 247 g/mol. The van der Waals surface area contributed by atoms with Crippen molar-refractivity contribution >= 4 is 6.09 Å². The van der Waals surface area contributed by atoms with Gasteiger partial charge in [0.05, 0.1) is 0 Å². The highest BCUT2D eigenvalue weighted by Gasteiger charge is 2.32. The molecule has 1 aromatic rings. The van der Waals surface area contributed by atoms with Gasteiger partial charge in [0, 0.05) is 12.6 Å². The van der Waals surface area contributed by atoms with Crippen LogP contribution in [0.15, 0.2) is 30.3 Å². The monoisotopic (exact) mass is 247 g/mol. The molecule has 3 heteroatoms. The van der Waals surface area contributed by atoms with Gasteiger partial charge in [-0.3, -0.25) is 0 Å². The summed E-state index contributed by atoms with van der Waals surface area (Å²) in [5.74, 6) is 0.583. The average Bonchev–Trinajstić information content (AvgIpc) is 2.78. The van der Waals surface area contributed by atoms with Crippen molar-refractivity contribution in [2.45, 2.75) is 39.3 Å². The zero-order chi connectivity index (χ0) is 13.0. The molecule has 0 bridgehead atoms. The minimum Gasteiger partial charge on any atom is -0.445 e. The molecule has 2 atom stereocenters. The van der Waals surface area contributed by atoms with Gasteiger partial charge in [0.1, 0.15) is 6.61 Å². The van der Waals surface area contributed by atoms with E-state index in [1.807, 2.05) is 35.2 Å². The third kappa shape index (κ3) is 3.03. The van der Waals surface area contributed by atoms with E-state index in [2.05, 4.69) is 13.8 Å². The van der Waals surface area contributed by atoms with Crippen molar-refractivity contribution in [2.24, 2.45) is 5.92 Å². The lowest BCUT2D eigenvalue weighted by atomic mass is 10.1. The maximum Gasteiger partial charge on any atom is 0.410 e. The minimum absolute atomic E-state index is 0.171. The van der Waals surface area contributed by atoms with Crippen LogP contribution in [0.3, 0.4) is 0 Å². The molecule has 1 aliphatic heterocycles. The van der Waals surface area contributed by atoms with Gasteiger partial charge in [-0.1, -0.05) is 44.2 Å². The number of carbonyl (C=O) groups is 1. The Morgan fingerprint density at radius 3 is 2.78 bits per heavy atom. The Bertz CT molecular complexity index is 391. The van der Waals surface area contributed by atoms with Crippen LogP contribution in [-0.2, 0) is 11.3 Å². The minimum atomic E-state index is -0.171. The number of hydrogen-bond acceptors (Lipinski definition) is 2. The standard InChI is InChI=1S/C15H21NO2/c1-3-14-9-12(2)10-16(14)15(17)18-11-13-7-5-4-6-8-13/h4-8,12,14H,3,9-11H2,1-2H3. The summed E-state index contributed by atoms with van der Waals surface area (Å²) in [5, 5.41) is 0. The second kappa shape index (κ2) is 5.89. The molecule has 0 spiro atoms. The molecule has 1 heterocycles. The first kappa shape index (κ1) is 12.9. The lowest BCUT2D eigenvalue weighted by Crippen LogP contribution is -2.35. The molecular formula is C15H21NO2. The number of benzene rings is 1. The van der Waals surface area contributed by atoms with Gasteiger partial charge in [-0.15, -0.1) is 0 Å². The highest BCUT2D eigenvalue weighted by Crippen LogP contribution is 2.25. The molecule has 0 radical (unpaired) electrons. The largest absolute Gasteiger partial charge is 0.445 e. The number of carbonyl (C=O) groups excluding carboxylic acids is 1. The summed E-state index contributed by atoms with van der Waals surface area (Å²) in [7, 11) is 0. The summed E-state index contributed by atoms with van der Waals surface area (Å²) in [5.41, 5.74) is 1.03. The van der Waals surface area contributed by atoms with Crippen LogP contribution in [0.1, 0.15) is 32.3 Å². The first-order chi connectivity index (χ1) is 8.70. The summed E-state index contributed by atoms with van der Waals surface area (Å²) < 4.78 is 5.38. The topological polar surface area (TPSA) is 29.5 Å². The summed E-state index contributed by atoms with van der Waals surface area (Å²) in [6, 6.07) is 10.2. The summed E-state index contributed by atoms with van der Waals surface area (Å²) in [4.78, 5) is 13.9. The highest BCUT2D eigenvalue weighted by atomic mass is 16.6. The maximum atomic E-state index is 12.0. The highest BCUT2D eigenvalue weighted by molar-refractivity contribution is 5.68. The Labute approximate surface area is 109 Å². The molecule has 0 saturated carbocycles. The fourth-order valence-corrected chi connectivity index (χ4v) is 2.56. The van der Waals surface area contributed by atoms with E-state index in [4.69, 9.17) is 4.74 Å². The zero-order valence-electron chi connectivity index (χ0n) is 11.1. The normalized spacial score (nSPS) is 23.1. The molecule has 2 rings (SSSR count). The third-order valence-electron chi connectivity index (χ3n) is 3.53. The van der Waals surface area contributed by atoms with E-state index in [0.29, 0.717) is 18.6 Å². The molecule has 18 heavy (non-hydrogen) atoms. The Balaban J connectivity index is 1.88. The van der Waals surface area contributed by atoms with Crippen LogP contribution in [0.2, 0.25) is 0 Å². The van der Waals surface area contributed by atoms with E-state index in [0.717, 1.165) is 24.9 Å². The van der Waals surface area contributed by atoms with Gasteiger partial charge >= 0.3 is 6.09 Å². The van der Waals surface area contributed by atoms with Crippen LogP contribution >= 0.6 is 0 Å².